The third kappa shape index (κ3) is 7.08. The van der Waals surface area contributed by atoms with Crippen LogP contribution in [0.5, 0.6) is 0 Å². The highest BCUT2D eigenvalue weighted by Crippen LogP contribution is 2.10. The number of benzene rings is 2. The molecule has 0 radical (unpaired) electrons. The van der Waals surface area contributed by atoms with Crippen molar-refractivity contribution < 1.29 is 23.9 Å². The van der Waals surface area contributed by atoms with Crippen molar-refractivity contribution in [3.63, 3.8) is 0 Å². The molecule has 6 nitrogen and oxygen atoms in total. The second-order valence-electron chi connectivity index (χ2n) is 6.08. The topological polar surface area (TPSA) is 95.5 Å². The molecule has 0 fully saturated rings. The predicted octanol–water partition coefficient (Wildman–Crippen LogP) is 2.92. The fourth-order valence-electron chi connectivity index (χ4n) is 2.40. The Bertz CT molecular complexity index is 885. The number of carboxylic acids is 1. The van der Waals surface area contributed by atoms with Gasteiger partial charge in [0.25, 0.3) is 11.8 Å². The lowest BCUT2D eigenvalue weighted by Gasteiger charge is -2.16. The highest BCUT2D eigenvalue weighted by Gasteiger charge is 2.22. The van der Waals surface area contributed by atoms with Crippen molar-refractivity contribution in [1.29, 1.82) is 0 Å². The molecule has 1 unspecified atom stereocenters. The Morgan fingerprint density at radius 2 is 1.76 bits per heavy atom. The lowest BCUT2D eigenvalue weighted by atomic mass is 10.1. The third-order valence-electron chi connectivity index (χ3n) is 3.92. The fourth-order valence-corrected chi connectivity index (χ4v) is 2.87. The molecule has 2 amide bonds. The minimum atomic E-state index is -1.16. The fraction of sp³-hybridized carbons (Fsp3) is 0.190. The third-order valence-corrected chi connectivity index (χ3v) is 4.57. The summed E-state index contributed by atoms with van der Waals surface area (Å²) in [4.78, 5) is 36.6. The number of carbonyl (C=O) groups is 3. The van der Waals surface area contributed by atoms with Gasteiger partial charge in [-0.3, -0.25) is 9.59 Å². The number of rotatable bonds is 9. The Balaban J connectivity index is 2.27. The Labute approximate surface area is 172 Å². The van der Waals surface area contributed by atoms with Gasteiger partial charge in [-0.2, -0.15) is 11.8 Å². The summed E-state index contributed by atoms with van der Waals surface area (Å²) in [6, 6.07) is 12.5. The van der Waals surface area contributed by atoms with E-state index in [1.54, 1.807) is 30.3 Å². The van der Waals surface area contributed by atoms with Gasteiger partial charge < -0.3 is 15.7 Å². The largest absolute Gasteiger partial charge is 0.480 e. The average molecular weight is 416 g/mol. The minimum absolute atomic E-state index is 0.138. The van der Waals surface area contributed by atoms with Crippen LogP contribution >= 0.6 is 11.8 Å². The number of carboxylic acid groups (broad SMARTS) is 1. The summed E-state index contributed by atoms with van der Waals surface area (Å²) in [6.45, 7) is 0. The van der Waals surface area contributed by atoms with Crippen LogP contribution in [0.4, 0.5) is 4.39 Å². The monoisotopic (exact) mass is 416 g/mol. The second-order valence-corrected chi connectivity index (χ2v) is 7.06. The Hall–Kier alpha value is -3.13. The van der Waals surface area contributed by atoms with E-state index in [0.29, 0.717) is 16.9 Å². The van der Waals surface area contributed by atoms with Crippen molar-refractivity contribution in [3.8, 4) is 0 Å². The van der Waals surface area contributed by atoms with Gasteiger partial charge in [0.15, 0.2) is 0 Å². The van der Waals surface area contributed by atoms with E-state index in [9.17, 15) is 23.9 Å². The number of amides is 2. The smallest absolute Gasteiger partial charge is 0.326 e. The van der Waals surface area contributed by atoms with Crippen molar-refractivity contribution in [1.82, 2.24) is 10.6 Å². The molecule has 0 aliphatic rings. The van der Waals surface area contributed by atoms with Gasteiger partial charge >= 0.3 is 5.97 Å². The van der Waals surface area contributed by atoms with Gasteiger partial charge in [-0.05, 0) is 54.3 Å². The first-order valence-electron chi connectivity index (χ1n) is 8.77. The molecule has 2 aromatic rings. The summed E-state index contributed by atoms with van der Waals surface area (Å²) in [7, 11) is 0. The van der Waals surface area contributed by atoms with Crippen LogP contribution in [0.1, 0.15) is 22.3 Å². The number of thioether (sulfide) groups is 1. The molecular formula is C21H21FN2O4S. The molecule has 8 heteroatoms. The quantitative estimate of drug-likeness (QED) is 0.547. The number of halogens is 1. The Kier molecular flexibility index (Phi) is 8.42. The van der Waals surface area contributed by atoms with E-state index >= 15 is 0 Å². The molecule has 0 saturated heterocycles. The SMILES string of the molecule is CSCCC(NC(=O)/C(=C\c1ccc(F)cc1)NC(=O)c1ccccc1)C(=O)O. The van der Waals surface area contributed by atoms with Crippen LogP contribution in [0.3, 0.4) is 0 Å². The molecule has 0 aliphatic carbocycles. The van der Waals surface area contributed by atoms with E-state index in [1.807, 2.05) is 6.26 Å². The number of carbonyl (C=O) groups excluding carboxylic acids is 2. The van der Waals surface area contributed by atoms with E-state index in [4.69, 9.17) is 0 Å². The van der Waals surface area contributed by atoms with E-state index in [0.717, 1.165) is 0 Å². The van der Waals surface area contributed by atoms with Crippen LogP contribution < -0.4 is 10.6 Å². The van der Waals surface area contributed by atoms with E-state index in [1.165, 1.54) is 42.1 Å². The summed E-state index contributed by atoms with van der Waals surface area (Å²) in [5, 5.41) is 14.3. The minimum Gasteiger partial charge on any atom is -0.480 e. The van der Waals surface area contributed by atoms with Gasteiger partial charge in [0.05, 0.1) is 0 Å². The van der Waals surface area contributed by atoms with Crippen molar-refractivity contribution in [2.24, 2.45) is 0 Å². The van der Waals surface area contributed by atoms with Crippen LogP contribution in [-0.2, 0) is 9.59 Å². The Morgan fingerprint density at radius 3 is 2.34 bits per heavy atom. The number of aliphatic carboxylic acids is 1. The predicted molar refractivity (Wildman–Crippen MR) is 111 cm³/mol. The first kappa shape index (κ1) is 22.2. The summed E-state index contributed by atoms with van der Waals surface area (Å²) >= 11 is 1.46. The molecule has 0 saturated carbocycles. The van der Waals surface area contributed by atoms with Gasteiger partial charge in [0.2, 0.25) is 0 Å². The molecule has 1 atom stereocenters. The van der Waals surface area contributed by atoms with Crippen LogP contribution in [0.25, 0.3) is 6.08 Å². The van der Waals surface area contributed by atoms with Gasteiger partial charge in [-0.15, -0.1) is 0 Å². The van der Waals surface area contributed by atoms with Crippen molar-refractivity contribution in [3.05, 3.63) is 77.2 Å². The van der Waals surface area contributed by atoms with E-state index in [2.05, 4.69) is 10.6 Å². The lowest BCUT2D eigenvalue weighted by Crippen LogP contribution is -2.44. The molecule has 0 heterocycles. The number of hydrogen-bond acceptors (Lipinski definition) is 4. The van der Waals surface area contributed by atoms with Crippen LogP contribution in [0.15, 0.2) is 60.3 Å². The first-order valence-corrected chi connectivity index (χ1v) is 10.2. The zero-order valence-corrected chi connectivity index (χ0v) is 16.5. The van der Waals surface area contributed by atoms with Gasteiger partial charge in [0.1, 0.15) is 17.6 Å². The maximum Gasteiger partial charge on any atom is 0.326 e. The molecule has 152 valence electrons. The average Bonchev–Trinajstić information content (AvgIpc) is 2.72. The van der Waals surface area contributed by atoms with Gasteiger partial charge in [0, 0.05) is 5.56 Å². The summed E-state index contributed by atoms with van der Waals surface area (Å²) in [5.74, 6) is -2.32. The lowest BCUT2D eigenvalue weighted by molar-refractivity contribution is -0.141. The maximum absolute atomic E-state index is 13.2. The van der Waals surface area contributed by atoms with E-state index < -0.39 is 29.6 Å². The highest BCUT2D eigenvalue weighted by atomic mass is 32.2. The maximum atomic E-state index is 13.2. The van der Waals surface area contributed by atoms with Gasteiger partial charge in [-0.25, -0.2) is 9.18 Å². The second kappa shape index (κ2) is 11.0. The molecule has 0 aliphatic heterocycles. The van der Waals surface area contributed by atoms with Crippen molar-refractivity contribution >= 4 is 35.6 Å². The number of nitrogens with one attached hydrogen (secondary N) is 2. The standard InChI is InChI=1S/C21H21FN2O4S/c1-29-12-11-17(21(27)28)23-20(26)18(13-14-7-9-16(22)10-8-14)24-19(25)15-5-3-2-4-6-15/h2-10,13,17H,11-12H2,1H3,(H,23,26)(H,24,25)(H,27,28)/b18-13+. The first-order chi connectivity index (χ1) is 13.9. The molecule has 0 spiro atoms. The Morgan fingerprint density at radius 1 is 1.10 bits per heavy atom. The van der Waals surface area contributed by atoms with Crippen LogP contribution in [0.2, 0.25) is 0 Å². The van der Waals surface area contributed by atoms with Crippen LogP contribution in [0, 0.1) is 5.82 Å². The van der Waals surface area contributed by atoms with E-state index in [-0.39, 0.29) is 12.1 Å². The normalized spacial score (nSPS) is 12.1. The number of hydrogen-bond donors (Lipinski definition) is 3. The zero-order valence-electron chi connectivity index (χ0n) is 15.7. The van der Waals surface area contributed by atoms with Crippen molar-refractivity contribution in [2.75, 3.05) is 12.0 Å². The molecule has 2 aromatic carbocycles. The molecule has 0 aromatic heterocycles. The molecule has 3 N–H and O–H groups in total. The van der Waals surface area contributed by atoms with Crippen LogP contribution in [-0.4, -0.2) is 40.9 Å². The summed E-state index contributed by atoms with van der Waals surface area (Å²) in [6.07, 6.45) is 3.43. The van der Waals surface area contributed by atoms with Gasteiger partial charge in [-0.1, -0.05) is 30.3 Å². The highest BCUT2D eigenvalue weighted by molar-refractivity contribution is 7.98. The zero-order chi connectivity index (χ0) is 21.2. The summed E-state index contributed by atoms with van der Waals surface area (Å²) < 4.78 is 13.2. The summed E-state index contributed by atoms with van der Waals surface area (Å²) in [5.41, 5.74) is 0.671. The molecule has 0 bridgehead atoms. The molecule has 2 rings (SSSR count). The molecule has 29 heavy (non-hydrogen) atoms. The molecular weight excluding hydrogens is 395 g/mol. The van der Waals surface area contributed by atoms with Crippen molar-refractivity contribution in [2.45, 2.75) is 12.5 Å².